The maximum Gasteiger partial charge on any atom is 0.272 e. The fourth-order valence-corrected chi connectivity index (χ4v) is 4.04. The molecule has 2 aliphatic heterocycles. The summed E-state index contributed by atoms with van der Waals surface area (Å²) in [5, 5.41) is 6.64. The lowest BCUT2D eigenvalue weighted by Crippen LogP contribution is -2.42. The second-order valence-electron chi connectivity index (χ2n) is 6.74. The van der Waals surface area contributed by atoms with E-state index in [1.807, 2.05) is 11.1 Å². The van der Waals surface area contributed by atoms with Gasteiger partial charge in [0.25, 0.3) is 5.91 Å². The highest BCUT2D eigenvalue weighted by Crippen LogP contribution is 2.43. The van der Waals surface area contributed by atoms with Crippen molar-refractivity contribution in [3.8, 4) is 11.4 Å². The van der Waals surface area contributed by atoms with E-state index in [0.29, 0.717) is 17.9 Å². The molecule has 2 aromatic heterocycles. The van der Waals surface area contributed by atoms with E-state index >= 15 is 0 Å². The highest BCUT2D eigenvalue weighted by molar-refractivity contribution is 5.93. The fraction of sp³-hybridized carbons (Fsp3) is 0.263. The first-order valence-corrected chi connectivity index (χ1v) is 8.64. The smallest absolute Gasteiger partial charge is 0.272 e. The summed E-state index contributed by atoms with van der Waals surface area (Å²) < 4.78 is 13.1. The van der Waals surface area contributed by atoms with Crippen LogP contribution in [0.3, 0.4) is 0 Å². The number of aromatic amines is 1. The van der Waals surface area contributed by atoms with Crippen molar-refractivity contribution >= 4 is 5.91 Å². The number of rotatable bonds is 2. The molecule has 2 bridgehead atoms. The van der Waals surface area contributed by atoms with Crippen LogP contribution in [-0.4, -0.2) is 37.0 Å². The number of halogens is 1. The molecule has 1 saturated heterocycles. The zero-order valence-corrected chi connectivity index (χ0v) is 13.9. The molecule has 1 N–H and O–H groups in total. The lowest BCUT2D eigenvalue weighted by atomic mass is 9.98. The number of H-pyrrole nitrogens is 1. The van der Waals surface area contributed by atoms with E-state index < -0.39 is 0 Å². The van der Waals surface area contributed by atoms with Crippen LogP contribution in [0.4, 0.5) is 4.39 Å². The molecule has 26 heavy (non-hydrogen) atoms. The first kappa shape index (κ1) is 15.2. The predicted molar refractivity (Wildman–Crippen MR) is 91.7 cm³/mol. The summed E-state index contributed by atoms with van der Waals surface area (Å²) in [6, 6.07) is 8.02. The van der Waals surface area contributed by atoms with Gasteiger partial charge in [0.05, 0.1) is 11.7 Å². The van der Waals surface area contributed by atoms with Crippen molar-refractivity contribution < 1.29 is 9.18 Å². The molecule has 1 aromatic carbocycles. The van der Waals surface area contributed by atoms with E-state index in [9.17, 15) is 9.18 Å². The van der Waals surface area contributed by atoms with Gasteiger partial charge in [0, 0.05) is 36.0 Å². The van der Waals surface area contributed by atoms with Gasteiger partial charge in [-0.05, 0) is 43.2 Å². The quantitative estimate of drug-likeness (QED) is 0.772. The van der Waals surface area contributed by atoms with E-state index in [1.54, 1.807) is 24.4 Å². The van der Waals surface area contributed by atoms with Gasteiger partial charge in [-0.25, -0.2) is 14.4 Å². The van der Waals surface area contributed by atoms with Gasteiger partial charge < -0.3 is 4.90 Å². The Labute approximate surface area is 149 Å². The number of nitrogens with zero attached hydrogens (tertiary/aromatic N) is 4. The van der Waals surface area contributed by atoms with Crippen LogP contribution in [0.5, 0.6) is 0 Å². The van der Waals surface area contributed by atoms with Crippen LogP contribution >= 0.6 is 0 Å². The number of hydrogen-bond acceptors (Lipinski definition) is 4. The van der Waals surface area contributed by atoms with Crippen LogP contribution in [0.2, 0.25) is 0 Å². The van der Waals surface area contributed by atoms with Gasteiger partial charge in [-0.2, -0.15) is 5.10 Å². The Morgan fingerprint density at radius 2 is 2.04 bits per heavy atom. The second kappa shape index (κ2) is 5.72. The lowest BCUT2D eigenvalue weighted by molar-refractivity contribution is 0.0637. The summed E-state index contributed by atoms with van der Waals surface area (Å²) in [5.74, 6) is 0.289. The van der Waals surface area contributed by atoms with E-state index in [0.717, 1.165) is 29.7 Å². The Bertz CT molecular complexity index is 970. The molecule has 4 heterocycles. The number of carbonyl (C=O) groups excluding carboxylic acids is 1. The summed E-state index contributed by atoms with van der Waals surface area (Å²) in [5.41, 5.74) is 3.30. The maximum absolute atomic E-state index is 13.1. The van der Waals surface area contributed by atoms with E-state index in [2.05, 4.69) is 15.2 Å². The molecule has 1 amide bonds. The third-order valence-corrected chi connectivity index (χ3v) is 5.26. The standard InChI is InChI=1S/C19H16FN5O/c20-12-3-1-11(2-4-12)18-21-10-14-16(23-18)9-13-5-6-17(14)25(13)19(26)15-7-8-22-24-15/h1-4,7-8,10,13,17H,5-6,9H2,(H,22,24). The van der Waals surface area contributed by atoms with Crippen LogP contribution in [0.25, 0.3) is 11.4 Å². The Kier molecular flexibility index (Phi) is 3.34. The maximum atomic E-state index is 13.1. The molecular formula is C19H16FN5O. The van der Waals surface area contributed by atoms with Crippen molar-refractivity contribution in [2.24, 2.45) is 0 Å². The molecule has 1 fully saturated rings. The normalized spacial score (nSPS) is 20.9. The Balaban J connectivity index is 1.50. The SMILES string of the molecule is O=C(c1ccn[nH]1)N1C2CCC1c1cnc(-c3ccc(F)cc3)nc1C2. The van der Waals surface area contributed by atoms with Gasteiger partial charge in [0.15, 0.2) is 5.82 Å². The highest BCUT2D eigenvalue weighted by Gasteiger charge is 2.44. The topological polar surface area (TPSA) is 74.8 Å². The molecule has 0 radical (unpaired) electrons. The first-order valence-electron chi connectivity index (χ1n) is 8.64. The van der Waals surface area contributed by atoms with Gasteiger partial charge in [-0.1, -0.05) is 0 Å². The number of benzene rings is 1. The van der Waals surface area contributed by atoms with Crippen LogP contribution in [0, 0.1) is 5.82 Å². The molecule has 0 spiro atoms. The van der Waals surface area contributed by atoms with Crippen LogP contribution in [0.1, 0.15) is 40.6 Å². The first-order chi connectivity index (χ1) is 12.7. The third-order valence-electron chi connectivity index (χ3n) is 5.26. The van der Waals surface area contributed by atoms with Crippen LogP contribution < -0.4 is 0 Å². The van der Waals surface area contributed by atoms with Gasteiger partial charge in [0.2, 0.25) is 0 Å². The van der Waals surface area contributed by atoms with E-state index in [4.69, 9.17) is 4.98 Å². The van der Waals surface area contributed by atoms with Gasteiger partial charge in [-0.15, -0.1) is 0 Å². The number of nitrogens with one attached hydrogen (secondary N) is 1. The average molecular weight is 349 g/mol. The number of carbonyl (C=O) groups is 1. The Morgan fingerprint density at radius 3 is 2.81 bits per heavy atom. The van der Waals surface area contributed by atoms with Crippen molar-refractivity contribution in [2.45, 2.75) is 31.3 Å². The third kappa shape index (κ3) is 2.31. The Hall–Kier alpha value is -3.09. The molecule has 6 nitrogen and oxygen atoms in total. The molecule has 2 unspecified atom stereocenters. The van der Waals surface area contributed by atoms with E-state index in [-0.39, 0.29) is 23.8 Å². The molecule has 0 aliphatic carbocycles. The second-order valence-corrected chi connectivity index (χ2v) is 6.74. The highest BCUT2D eigenvalue weighted by atomic mass is 19.1. The number of hydrogen-bond donors (Lipinski definition) is 1. The number of amides is 1. The minimum atomic E-state index is -0.280. The van der Waals surface area contributed by atoms with Gasteiger partial charge >= 0.3 is 0 Å². The molecular weight excluding hydrogens is 333 g/mol. The van der Waals surface area contributed by atoms with Gasteiger partial charge in [-0.3, -0.25) is 9.89 Å². The van der Waals surface area contributed by atoms with Crippen molar-refractivity contribution in [2.75, 3.05) is 0 Å². The molecule has 0 saturated carbocycles. The van der Waals surface area contributed by atoms with E-state index in [1.165, 1.54) is 12.1 Å². The zero-order valence-electron chi connectivity index (χ0n) is 13.9. The average Bonchev–Trinajstić information content (AvgIpc) is 3.29. The van der Waals surface area contributed by atoms with Crippen molar-refractivity contribution in [1.82, 2.24) is 25.1 Å². The lowest BCUT2D eigenvalue weighted by Gasteiger charge is -2.35. The van der Waals surface area contributed by atoms with Crippen molar-refractivity contribution in [3.63, 3.8) is 0 Å². The Morgan fingerprint density at radius 1 is 1.19 bits per heavy atom. The minimum Gasteiger partial charge on any atom is -0.327 e. The molecule has 5 rings (SSSR count). The van der Waals surface area contributed by atoms with Crippen LogP contribution in [0.15, 0.2) is 42.7 Å². The zero-order chi connectivity index (χ0) is 17.7. The molecule has 130 valence electrons. The number of fused-ring (bicyclic) bond motifs is 4. The van der Waals surface area contributed by atoms with Crippen LogP contribution in [-0.2, 0) is 6.42 Å². The molecule has 2 atom stereocenters. The monoisotopic (exact) mass is 349 g/mol. The molecule has 2 aliphatic rings. The number of aromatic nitrogens is 4. The minimum absolute atomic E-state index is 0.00168. The summed E-state index contributed by atoms with van der Waals surface area (Å²) in [6.07, 6.45) is 5.98. The summed E-state index contributed by atoms with van der Waals surface area (Å²) in [6.45, 7) is 0. The predicted octanol–water partition coefficient (Wildman–Crippen LogP) is 2.91. The van der Waals surface area contributed by atoms with Crippen molar-refractivity contribution in [1.29, 1.82) is 0 Å². The molecule has 3 aromatic rings. The molecule has 7 heteroatoms. The summed E-state index contributed by atoms with van der Waals surface area (Å²) >= 11 is 0. The summed E-state index contributed by atoms with van der Waals surface area (Å²) in [7, 11) is 0. The summed E-state index contributed by atoms with van der Waals surface area (Å²) in [4.78, 5) is 24.0. The largest absolute Gasteiger partial charge is 0.327 e. The van der Waals surface area contributed by atoms with Gasteiger partial charge in [0.1, 0.15) is 11.5 Å². The van der Waals surface area contributed by atoms with Crippen molar-refractivity contribution in [3.05, 3.63) is 65.5 Å². The fourth-order valence-electron chi connectivity index (χ4n) is 4.04.